The van der Waals surface area contributed by atoms with Gasteiger partial charge in [0.15, 0.2) is 0 Å². The lowest BCUT2D eigenvalue weighted by molar-refractivity contribution is -0.115. The molecule has 0 radical (unpaired) electrons. The Bertz CT molecular complexity index is 1060. The number of carbonyl (C=O) groups excluding carboxylic acids is 2. The molecule has 1 aliphatic heterocycles. The second-order valence-corrected chi connectivity index (χ2v) is 11.0. The quantitative estimate of drug-likeness (QED) is 0.548. The van der Waals surface area contributed by atoms with E-state index in [1.165, 1.54) is 0 Å². The SMILES string of the molecule is C[C@@H]1CCCCO[C@@H](CN(C)C)[C@H](C)CN([C@@H](C)CO)C(=O)c2cc(NC(=O)Cc3ccccc3)ccc2O1. The molecule has 214 valence electrons. The van der Waals surface area contributed by atoms with Gasteiger partial charge in [0.2, 0.25) is 5.91 Å². The standard InChI is InChI=1S/C31H45N3O5/c1-22-19-34(23(2)21-35)31(37)27-18-26(32-30(36)17-25-12-7-6-8-13-25)14-15-28(27)39-24(3)11-9-10-16-38-29(22)20-33(4)5/h6-8,12-15,18,22-24,29,35H,9-11,16-17,19-21H2,1-5H3,(H,32,36)/t22-,23+,24-,29+/m1/s1. The van der Waals surface area contributed by atoms with E-state index in [1.54, 1.807) is 23.1 Å². The number of aliphatic hydroxyl groups excluding tert-OH is 1. The van der Waals surface area contributed by atoms with Crippen LogP contribution in [0.25, 0.3) is 0 Å². The van der Waals surface area contributed by atoms with E-state index < -0.39 is 6.04 Å². The molecule has 0 saturated carbocycles. The van der Waals surface area contributed by atoms with Crippen LogP contribution in [0.15, 0.2) is 48.5 Å². The van der Waals surface area contributed by atoms with Crippen molar-refractivity contribution >= 4 is 17.5 Å². The molecule has 0 unspecified atom stereocenters. The third-order valence-electron chi connectivity index (χ3n) is 7.09. The van der Waals surface area contributed by atoms with Crippen molar-refractivity contribution in [1.29, 1.82) is 0 Å². The Morgan fingerprint density at radius 1 is 1.15 bits per heavy atom. The van der Waals surface area contributed by atoms with Gasteiger partial charge in [-0.05, 0) is 71.0 Å². The van der Waals surface area contributed by atoms with E-state index >= 15 is 0 Å². The molecule has 4 atom stereocenters. The van der Waals surface area contributed by atoms with E-state index in [2.05, 4.69) is 17.1 Å². The van der Waals surface area contributed by atoms with Crippen molar-refractivity contribution in [1.82, 2.24) is 9.80 Å². The summed E-state index contributed by atoms with van der Waals surface area (Å²) in [6.45, 7) is 7.57. The number of rotatable bonds is 7. The monoisotopic (exact) mass is 539 g/mol. The lowest BCUT2D eigenvalue weighted by Gasteiger charge is -2.35. The third kappa shape index (κ3) is 9.34. The molecular weight excluding hydrogens is 494 g/mol. The van der Waals surface area contributed by atoms with Crippen LogP contribution in [0.2, 0.25) is 0 Å². The zero-order valence-electron chi connectivity index (χ0n) is 24.1. The Hall–Kier alpha value is -2.94. The molecule has 0 fully saturated rings. The number of benzene rings is 2. The first kappa shape index (κ1) is 30.6. The van der Waals surface area contributed by atoms with Crippen LogP contribution < -0.4 is 10.1 Å². The molecule has 8 nitrogen and oxygen atoms in total. The van der Waals surface area contributed by atoms with Gasteiger partial charge in [-0.2, -0.15) is 0 Å². The molecule has 8 heteroatoms. The molecule has 0 saturated heterocycles. The summed E-state index contributed by atoms with van der Waals surface area (Å²) in [4.78, 5) is 30.6. The smallest absolute Gasteiger partial charge is 0.258 e. The van der Waals surface area contributed by atoms with Gasteiger partial charge in [-0.15, -0.1) is 0 Å². The molecular formula is C31H45N3O5. The van der Waals surface area contributed by atoms with E-state index in [4.69, 9.17) is 9.47 Å². The van der Waals surface area contributed by atoms with Crippen LogP contribution in [-0.4, -0.2) is 85.4 Å². The molecule has 2 aromatic carbocycles. The predicted molar refractivity (Wildman–Crippen MR) is 154 cm³/mol. The maximum atomic E-state index is 14.1. The summed E-state index contributed by atoms with van der Waals surface area (Å²) in [5.74, 6) is 0.104. The number of likely N-dealkylation sites (N-methyl/N-ethyl adjacent to an activating group) is 1. The summed E-state index contributed by atoms with van der Waals surface area (Å²) < 4.78 is 12.6. The summed E-state index contributed by atoms with van der Waals surface area (Å²) in [6.07, 6.45) is 2.79. The Balaban J connectivity index is 1.93. The summed E-state index contributed by atoms with van der Waals surface area (Å²) in [7, 11) is 4.03. The zero-order valence-corrected chi connectivity index (χ0v) is 24.1. The van der Waals surface area contributed by atoms with Gasteiger partial charge in [0.05, 0.1) is 36.8 Å². The van der Waals surface area contributed by atoms with Crippen molar-refractivity contribution in [3.8, 4) is 5.75 Å². The third-order valence-corrected chi connectivity index (χ3v) is 7.09. The van der Waals surface area contributed by atoms with Crippen LogP contribution in [0.1, 0.15) is 56.0 Å². The molecule has 1 heterocycles. The number of fused-ring (bicyclic) bond motifs is 1. The summed E-state index contributed by atoms with van der Waals surface area (Å²) in [5.41, 5.74) is 1.81. The van der Waals surface area contributed by atoms with Gasteiger partial charge in [-0.3, -0.25) is 9.59 Å². The van der Waals surface area contributed by atoms with Gasteiger partial charge in [0.1, 0.15) is 5.75 Å². The number of aliphatic hydroxyl groups is 1. The van der Waals surface area contributed by atoms with Crippen LogP contribution in [0.3, 0.4) is 0 Å². The minimum Gasteiger partial charge on any atom is -0.490 e. The lowest BCUT2D eigenvalue weighted by Crippen LogP contribution is -2.47. The fourth-order valence-corrected chi connectivity index (χ4v) is 4.81. The number of nitrogens with zero attached hydrogens (tertiary/aromatic N) is 2. The highest BCUT2D eigenvalue weighted by atomic mass is 16.5. The first-order chi connectivity index (χ1) is 18.7. The Morgan fingerprint density at radius 2 is 1.90 bits per heavy atom. The number of carbonyl (C=O) groups is 2. The van der Waals surface area contributed by atoms with E-state index in [0.717, 1.165) is 31.4 Å². The van der Waals surface area contributed by atoms with Crippen LogP contribution in [0, 0.1) is 5.92 Å². The largest absolute Gasteiger partial charge is 0.490 e. The molecule has 0 aliphatic carbocycles. The average Bonchev–Trinajstić information content (AvgIpc) is 2.90. The predicted octanol–water partition coefficient (Wildman–Crippen LogP) is 4.22. The average molecular weight is 540 g/mol. The van der Waals surface area contributed by atoms with Crippen LogP contribution in [0.5, 0.6) is 5.75 Å². The summed E-state index contributed by atoms with van der Waals surface area (Å²) in [5, 5.41) is 13.0. The molecule has 2 N–H and O–H groups in total. The minimum atomic E-state index is -0.408. The zero-order chi connectivity index (χ0) is 28.4. The molecule has 2 amide bonds. The maximum absolute atomic E-state index is 14.1. The van der Waals surface area contributed by atoms with Crippen molar-refractivity contribution in [3.63, 3.8) is 0 Å². The van der Waals surface area contributed by atoms with Gasteiger partial charge < -0.3 is 29.7 Å². The van der Waals surface area contributed by atoms with Gasteiger partial charge in [0.25, 0.3) is 5.91 Å². The highest BCUT2D eigenvalue weighted by molar-refractivity contribution is 6.00. The van der Waals surface area contributed by atoms with Crippen molar-refractivity contribution in [2.24, 2.45) is 5.92 Å². The summed E-state index contributed by atoms with van der Waals surface area (Å²) in [6, 6.07) is 14.3. The second kappa shape index (κ2) is 15.0. The number of hydrogen-bond donors (Lipinski definition) is 2. The second-order valence-electron chi connectivity index (χ2n) is 11.0. The van der Waals surface area contributed by atoms with Crippen molar-refractivity contribution in [2.75, 3.05) is 45.7 Å². The van der Waals surface area contributed by atoms with Gasteiger partial charge in [0, 0.05) is 31.3 Å². The number of hydrogen-bond acceptors (Lipinski definition) is 6. The van der Waals surface area contributed by atoms with E-state index in [9.17, 15) is 14.7 Å². The molecule has 2 aromatic rings. The van der Waals surface area contributed by atoms with Gasteiger partial charge >= 0.3 is 0 Å². The Morgan fingerprint density at radius 3 is 2.59 bits per heavy atom. The van der Waals surface area contributed by atoms with Crippen LogP contribution >= 0.6 is 0 Å². The normalized spacial score (nSPS) is 22.0. The number of amides is 2. The fourth-order valence-electron chi connectivity index (χ4n) is 4.81. The first-order valence-corrected chi connectivity index (χ1v) is 14.0. The molecule has 1 aliphatic rings. The molecule has 0 spiro atoms. The van der Waals surface area contributed by atoms with Crippen molar-refractivity contribution in [3.05, 3.63) is 59.7 Å². The van der Waals surface area contributed by atoms with Crippen molar-refractivity contribution < 1.29 is 24.2 Å². The topological polar surface area (TPSA) is 91.3 Å². The summed E-state index contributed by atoms with van der Waals surface area (Å²) >= 11 is 0. The molecule has 0 aromatic heterocycles. The molecule has 3 rings (SSSR count). The van der Waals surface area contributed by atoms with E-state index in [-0.39, 0.29) is 43.0 Å². The lowest BCUT2D eigenvalue weighted by atomic mass is 10.0. The Labute approximate surface area is 233 Å². The first-order valence-electron chi connectivity index (χ1n) is 14.0. The number of anilines is 1. The van der Waals surface area contributed by atoms with Crippen molar-refractivity contribution in [2.45, 2.75) is 64.7 Å². The molecule has 39 heavy (non-hydrogen) atoms. The van der Waals surface area contributed by atoms with Gasteiger partial charge in [-0.1, -0.05) is 37.3 Å². The van der Waals surface area contributed by atoms with E-state index in [0.29, 0.717) is 30.2 Å². The van der Waals surface area contributed by atoms with E-state index in [1.807, 2.05) is 58.3 Å². The number of nitrogens with one attached hydrogen (secondary N) is 1. The highest BCUT2D eigenvalue weighted by Crippen LogP contribution is 2.28. The van der Waals surface area contributed by atoms with Gasteiger partial charge in [-0.25, -0.2) is 0 Å². The Kier molecular flexibility index (Phi) is 11.8. The number of ether oxygens (including phenoxy) is 2. The minimum absolute atomic E-state index is 0.0327. The highest BCUT2D eigenvalue weighted by Gasteiger charge is 2.30. The van der Waals surface area contributed by atoms with Crippen LogP contribution in [-0.2, 0) is 16.0 Å². The maximum Gasteiger partial charge on any atom is 0.258 e. The fraction of sp³-hybridized carbons (Fsp3) is 0.548. The molecule has 0 bridgehead atoms. The van der Waals surface area contributed by atoms with Crippen LogP contribution in [0.4, 0.5) is 5.69 Å².